The number of fused-ring (bicyclic) bond motifs is 1. The number of halogens is 1. The van der Waals surface area contributed by atoms with Crippen LogP contribution in [0.1, 0.15) is 31.6 Å². The molecule has 2 rings (SSSR count). The van der Waals surface area contributed by atoms with Gasteiger partial charge < -0.3 is 14.9 Å². The fraction of sp³-hybridized carbons (Fsp3) is 0.429. The summed E-state index contributed by atoms with van der Waals surface area (Å²) in [6.45, 7) is 3.39. The number of furan rings is 1. The molecule has 3 nitrogen and oxygen atoms in total. The van der Waals surface area contributed by atoms with Gasteiger partial charge in [-0.3, -0.25) is 0 Å². The van der Waals surface area contributed by atoms with E-state index in [9.17, 15) is 4.39 Å². The number of benzene rings is 1. The molecule has 98 valence electrons. The summed E-state index contributed by atoms with van der Waals surface area (Å²) in [6, 6.07) is 6.11. The minimum Gasteiger partial charge on any atom is -0.459 e. The van der Waals surface area contributed by atoms with Crippen LogP contribution in [0.5, 0.6) is 0 Å². The average Bonchev–Trinajstić information content (AvgIpc) is 2.77. The third-order valence-corrected chi connectivity index (χ3v) is 2.87. The van der Waals surface area contributed by atoms with Crippen LogP contribution in [0.25, 0.3) is 11.0 Å². The van der Waals surface area contributed by atoms with Crippen LogP contribution in [0.2, 0.25) is 0 Å². The average molecular weight is 251 g/mol. The SMILES string of the molecule is CCOCCCC(N)c1cc2cc(F)ccc2o1. The van der Waals surface area contributed by atoms with Crippen LogP contribution in [0.15, 0.2) is 28.7 Å². The molecule has 0 saturated heterocycles. The Morgan fingerprint density at radius 1 is 1.39 bits per heavy atom. The zero-order chi connectivity index (χ0) is 13.0. The van der Waals surface area contributed by atoms with Crippen molar-refractivity contribution in [2.24, 2.45) is 5.73 Å². The van der Waals surface area contributed by atoms with E-state index in [4.69, 9.17) is 14.9 Å². The van der Waals surface area contributed by atoms with Crippen molar-refractivity contribution < 1.29 is 13.5 Å². The molecule has 1 atom stereocenters. The van der Waals surface area contributed by atoms with E-state index in [2.05, 4.69) is 0 Å². The molecule has 1 aromatic carbocycles. The Morgan fingerprint density at radius 3 is 3.00 bits per heavy atom. The summed E-state index contributed by atoms with van der Waals surface area (Å²) < 4.78 is 23.9. The molecule has 0 spiro atoms. The molecule has 1 unspecified atom stereocenters. The minimum atomic E-state index is -0.264. The fourth-order valence-electron chi connectivity index (χ4n) is 1.91. The van der Waals surface area contributed by atoms with Gasteiger partial charge in [-0.05, 0) is 44.0 Å². The summed E-state index contributed by atoms with van der Waals surface area (Å²) in [5, 5.41) is 0.755. The monoisotopic (exact) mass is 251 g/mol. The van der Waals surface area contributed by atoms with Crippen LogP contribution in [0.3, 0.4) is 0 Å². The van der Waals surface area contributed by atoms with E-state index in [0.29, 0.717) is 18.0 Å². The summed E-state index contributed by atoms with van der Waals surface area (Å²) in [4.78, 5) is 0. The second-order valence-electron chi connectivity index (χ2n) is 4.28. The molecule has 2 N–H and O–H groups in total. The Morgan fingerprint density at radius 2 is 2.22 bits per heavy atom. The smallest absolute Gasteiger partial charge is 0.134 e. The van der Waals surface area contributed by atoms with Gasteiger partial charge in [0.2, 0.25) is 0 Å². The third-order valence-electron chi connectivity index (χ3n) is 2.87. The van der Waals surface area contributed by atoms with E-state index in [1.807, 2.05) is 13.0 Å². The van der Waals surface area contributed by atoms with Crippen molar-refractivity contribution in [3.05, 3.63) is 35.8 Å². The maximum atomic E-state index is 13.0. The quantitative estimate of drug-likeness (QED) is 0.800. The maximum absolute atomic E-state index is 13.0. The first-order valence-corrected chi connectivity index (χ1v) is 6.23. The van der Waals surface area contributed by atoms with Crippen molar-refractivity contribution in [3.63, 3.8) is 0 Å². The zero-order valence-corrected chi connectivity index (χ0v) is 10.5. The molecule has 0 saturated carbocycles. The lowest BCUT2D eigenvalue weighted by Crippen LogP contribution is -2.10. The van der Waals surface area contributed by atoms with Crippen LogP contribution in [-0.2, 0) is 4.74 Å². The molecular weight excluding hydrogens is 233 g/mol. The van der Waals surface area contributed by atoms with Gasteiger partial charge in [0.15, 0.2) is 0 Å². The molecule has 1 aromatic heterocycles. The van der Waals surface area contributed by atoms with E-state index >= 15 is 0 Å². The standard InChI is InChI=1S/C14H18FNO2/c1-2-17-7-3-4-12(16)14-9-10-8-11(15)5-6-13(10)18-14/h5-6,8-9,12H,2-4,7,16H2,1H3. The van der Waals surface area contributed by atoms with Crippen molar-refractivity contribution >= 4 is 11.0 Å². The summed E-state index contributed by atoms with van der Waals surface area (Å²) in [7, 11) is 0. The van der Waals surface area contributed by atoms with Crippen molar-refractivity contribution in [3.8, 4) is 0 Å². The highest BCUT2D eigenvalue weighted by Crippen LogP contribution is 2.25. The van der Waals surface area contributed by atoms with E-state index in [-0.39, 0.29) is 11.9 Å². The Kier molecular flexibility index (Phi) is 4.33. The van der Waals surface area contributed by atoms with Crippen molar-refractivity contribution in [2.75, 3.05) is 13.2 Å². The van der Waals surface area contributed by atoms with Crippen LogP contribution in [0, 0.1) is 5.82 Å². The molecule has 1 heterocycles. The summed E-state index contributed by atoms with van der Waals surface area (Å²) in [5.74, 6) is 0.437. The third kappa shape index (κ3) is 3.09. The molecule has 18 heavy (non-hydrogen) atoms. The highest BCUT2D eigenvalue weighted by atomic mass is 19.1. The van der Waals surface area contributed by atoms with E-state index in [1.165, 1.54) is 12.1 Å². The Bertz CT molecular complexity index is 509. The lowest BCUT2D eigenvalue weighted by Gasteiger charge is -2.07. The van der Waals surface area contributed by atoms with Crippen molar-refractivity contribution in [1.29, 1.82) is 0 Å². The number of hydrogen-bond donors (Lipinski definition) is 1. The van der Waals surface area contributed by atoms with Gasteiger partial charge in [0, 0.05) is 18.6 Å². The summed E-state index contributed by atoms with van der Waals surface area (Å²) in [6.07, 6.45) is 1.68. The Labute approximate surface area is 106 Å². The van der Waals surface area contributed by atoms with E-state index in [0.717, 1.165) is 24.8 Å². The Balaban J connectivity index is 2.01. The number of rotatable bonds is 6. The van der Waals surface area contributed by atoms with Gasteiger partial charge in [-0.1, -0.05) is 0 Å². The van der Waals surface area contributed by atoms with Gasteiger partial charge in [0.05, 0.1) is 6.04 Å². The number of nitrogens with two attached hydrogens (primary N) is 1. The van der Waals surface area contributed by atoms with Gasteiger partial charge in [0.1, 0.15) is 17.2 Å². The molecule has 0 bridgehead atoms. The highest BCUT2D eigenvalue weighted by molar-refractivity contribution is 5.77. The molecule has 2 aromatic rings. The topological polar surface area (TPSA) is 48.4 Å². The molecular formula is C14H18FNO2. The van der Waals surface area contributed by atoms with Gasteiger partial charge in [-0.25, -0.2) is 4.39 Å². The Hall–Kier alpha value is -1.39. The fourth-order valence-corrected chi connectivity index (χ4v) is 1.91. The predicted octanol–water partition coefficient (Wildman–Crippen LogP) is 3.39. The molecule has 0 radical (unpaired) electrons. The molecule has 4 heteroatoms. The van der Waals surface area contributed by atoms with Crippen LogP contribution in [-0.4, -0.2) is 13.2 Å². The predicted molar refractivity (Wildman–Crippen MR) is 68.8 cm³/mol. The minimum absolute atomic E-state index is 0.166. The molecule has 0 aliphatic carbocycles. The molecule has 0 aliphatic rings. The van der Waals surface area contributed by atoms with Gasteiger partial charge in [-0.2, -0.15) is 0 Å². The van der Waals surface area contributed by atoms with Crippen molar-refractivity contribution in [2.45, 2.75) is 25.8 Å². The first kappa shape index (κ1) is 13.1. The zero-order valence-electron chi connectivity index (χ0n) is 10.5. The highest BCUT2D eigenvalue weighted by Gasteiger charge is 2.12. The van der Waals surface area contributed by atoms with Crippen LogP contribution in [0.4, 0.5) is 4.39 Å². The van der Waals surface area contributed by atoms with Crippen molar-refractivity contribution in [1.82, 2.24) is 0 Å². The van der Waals surface area contributed by atoms with Gasteiger partial charge in [-0.15, -0.1) is 0 Å². The van der Waals surface area contributed by atoms with E-state index < -0.39 is 0 Å². The lowest BCUT2D eigenvalue weighted by molar-refractivity contribution is 0.141. The molecule has 0 amide bonds. The van der Waals surface area contributed by atoms with Gasteiger partial charge in [0.25, 0.3) is 0 Å². The molecule has 0 fully saturated rings. The maximum Gasteiger partial charge on any atom is 0.134 e. The molecule has 0 aliphatic heterocycles. The lowest BCUT2D eigenvalue weighted by atomic mass is 10.1. The second kappa shape index (κ2) is 5.98. The first-order valence-electron chi connectivity index (χ1n) is 6.23. The van der Waals surface area contributed by atoms with Crippen LogP contribution < -0.4 is 5.73 Å². The van der Waals surface area contributed by atoms with Gasteiger partial charge >= 0.3 is 0 Å². The van der Waals surface area contributed by atoms with E-state index in [1.54, 1.807) is 6.07 Å². The number of hydrogen-bond acceptors (Lipinski definition) is 3. The number of ether oxygens (including phenoxy) is 1. The summed E-state index contributed by atoms with van der Waals surface area (Å²) >= 11 is 0. The second-order valence-corrected chi connectivity index (χ2v) is 4.28. The normalized spacial score (nSPS) is 13.1. The summed E-state index contributed by atoms with van der Waals surface area (Å²) in [5.41, 5.74) is 6.71. The first-order chi connectivity index (χ1) is 8.70. The van der Waals surface area contributed by atoms with Crippen LogP contribution >= 0.6 is 0 Å². The largest absolute Gasteiger partial charge is 0.459 e.